The molecule has 0 amide bonds. The summed E-state index contributed by atoms with van der Waals surface area (Å²) in [5.41, 5.74) is 2.42. The van der Waals surface area contributed by atoms with E-state index in [4.69, 9.17) is 4.42 Å². The number of aryl methyl sites for hydroxylation is 1. The van der Waals surface area contributed by atoms with Crippen LogP contribution < -0.4 is 5.32 Å². The maximum absolute atomic E-state index is 9.25. The maximum Gasteiger partial charge on any atom is 0.213 e. The molecule has 0 saturated carbocycles. The minimum atomic E-state index is 0.321. The normalized spacial score (nSPS) is 16.6. The zero-order chi connectivity index (χ0) is 16.1. The number of hydrogen-bond acceptors (Lipinski definition) is 5. The Morgan fingerprint density at radius 3 is 2.78 bits per heavy atom. The average Bonchev–Trinajstić information content (AvgIpc) is 3.00. The first kappa shape index (κ1) is 16.0. The number of anilines is 1. The summed E-state index contributed by atoms with van der Waals surface area (Å²) in [6, 6.07) is 8.40. The lowest BCUT2D eigenvalue weighted by atomic mass is 9.97. The number of para-hydroxylation sites is 1. The van der Waals surface area contributed by atoms with Gasteiger partial charge in [-0.25, -0.2) is 4.98 Å². The van der Waals surface area contributed by atoms with Gasteiger partial charge < -0.3 is 14.8 Å². The summed E-state index contributed by atoms with van der Waals surface area (Å²) in [6.45, 7) is 5.86. The van der Waals surface area contributed by atoms with Crippen LogP contribution in [0.5, 0.6) is 0 Å². The van der Waals surface area contributed by atoms with E-state index in [9.17, 15) is 5.11 Å². The number of benzene rings is 1. The van der Waals surface area contributed by atoms with Gasteiger partial charge in [-0.1, -0.05) is 18.2 Å². The standard InChI is InChI=1S/C18H25N3O2/c1-14-10-20-18(23-14)11-19-17-5-3-2-4-16(17)12-21-8-6-15(13-22)7-9-21/h2-5,10,15,19,22H,6-9,11-13H2,1H3. The van der Waals surface area contributed by atoms with Gasteiger partial charge >= 0.3 is 0 Å². The minimum absolute atomic E-state index is 0.321. The Hall–Kier alpha value is -1.85. The van der Waals surface area contributed by atoms with Gasteiger partial charge in [-0.2, -0.15) is 0 Å². The number of rotatable bonds is 6. The molecule has 0 spiro atoms. The van der Waals surface area contributed by atoms with Crippen LogP contribution in [-0.2, 0) is 13.1 Å². The largest absolute Gasteiger partial charge is 0.444 e. The minimum Gasteiger partial charge on any atom is -0.444 e. The second-order valence-corrected chi connectivity index (χ2v) is 6.28. The van der Waals surface area contributed by atoms with E-state index in [1.54, 1.807) is 6.20 Å². The van der Waals surface area contributed by atoms with Gasteiger partial charge in [-0.3, -0.25) is 4.90 Å². The van der Waals surface area contributed by atoms with Crippen molar-refractivity contribution in [3.8, 4) is 0 Å². The highest BCUT2D eigenvalue weighted by Crippen LogP contribution is 2.22. The van der Waals surface area contributed by atoms with Gasteiger partial charge in [0, 0.05) is 18.8 Å². The van der Waals surface area contributed by atoms with Crippen LogP contribution in [-0.4, -0.2) is 34.7 Å². The number of nitrogens with zero attached hydrogens (tertiary/aromatic N) is 2. The number of aromatic nitrogens is 1. The van der Waals surface area contributed by atoms with Gasteiger partial charge in [0.1, 0.15) is 5.76 Å². The Morgan fingerprint density at radius 1 is 1.30 bits per heavy atom. The van der Waals surface area contributed by atoms with Crippen molar-refractivity contribution in [1.82, 2.24) is 9.88 Å². The van der Waals surface area contributed by atoms with Gasteiger partial charge in [0.05, 0.1) is 12.7 Å². The van der Waals surface area contributed by atoms with Crippen LogP contribution in [0.4, 0.5) is 5.69 Å². The molecule has 2 N–H and O–H groups in total. The molecular formula is C18H25N3O2. The number of aliphatic hydroxyl groups is 1. The van der Waals surface area contributed by atoms with Crippen molar-refractivity contribution in [2.24, 2.45) is 5.92 Å². The zero-order valence-electron chi connectivity index (χ0n) is 13.7. The van der Waals surface area contributed by atoms with Crippen LogP contribution in [0.15, 0.2) is 34.9 Å². The van der Waals surface area contributed by atoms with Crippen LogP contribution in [0.1, 0.15) is 30.1 Å². The van der Waals surface area contributed by atoms with Gasteiger partial charge in [0.2, 0.25) is 5.89 Å². The Morgan fingerprint density at radius 2 is 2.09 bits per heavy atom. The Kier molecular flexibility index (Phi) is 5.31. The summed E-state index contributed by atoms with van der Waals surface area (Å²) >= 11 is 0. The molecule has 2 aromatic rings. The first-order valence-electron chi connectivity index (χ1n) is 8.31. The summed E-state index contributed by atoms with van der Waals surface area (Å²) in [4.78, 5) is 6.69. The third-order valence-corrected chi connectivity index (χ3v) is 4.48. The third-order valence-electron chi connectivity index (χ3n) is 4.48. The van der Waals surface area contributed by atoms with Gasteiger partial charge in [-0.05, 0) is 50.4 Å². The van der Waals surface area contributed by atoms with Crippen LogP contribution >= 0.6 is 0 Å². The Labute approximate surface area is 137 Å². The summed E-state index contributed by atoms with van der Waals surface area (Å²) in [6.07, 6.45) is 3.91. The van der Waals surface area contributed by atoms with E-state index in [0.717, 1.165) is 43.9 Å². The molecule has 5 nitrogen and oxygen atoms in total. The van der Waals surface area contributed by atoms with E-state index in [0.29, 0.717) is 25.0 Å². The second-order valence-electron chi connectivity index (χ2n) is 6.28. The van der Waals surface area contributed by atoms with Crippen molar-refractivity contribution in [3.63, 3.8) is 0 Å². The van der Waals surface area contributed by atoms with Crippen molar-refractivity contribution < 1.29 is 9.52 Å². The fourth-order valence-corrected chi connectivity index (χ4v) is 3.05. The molecule has 1 aliphatic heterocycles. The number of likely N-dealkylation sites (tertiary alicyclic amines) is 1. The summed E-state index contributed by atoms with van der Waals surface area (Å²) in [5.74, 6) is 2.02. The molecule has 1 aromatic carbocycles. The molecule has 0 atom stereocenters. The molecule has 5 heteroatoms. The van der Waals surface area contributed by atoms with Crippen LogP contribution in [0.2, 0.25) is 0 Å². The summed E-state index contributed by atoms with van der Waals surface area (Å²) in [7, 11) is 0. The molecule has 0 bridgehead atoms. The van der Waals surface area contributed by atoms with Crippen LogP contribution in [0.3, 0.4) is 0 Å². The predicted molar refractivity (Wildman–Crippen MR) is 90.1 cm³/mol. The molecular weight excluding hydrogens is 290 g/mol. The van der Waals surface area contributed by atoms with Crippen molar-refractivity contribution in [3.05, 3.63) is 47.7 Å². The highest BCUT2D eigenvalue weighted by Gasteiger charge is 2.19. The first-order chi connectivity index (χ1) is 11.2. The number of nitrogens with one attached hydrogen (secondary N) is 1. The fraction of sp³-hybridized carbons (Fsp3) is 0.500. The van der Waals surface area contributed by atoms with Crippen LogP contribution in [0, 0.1) is 12.8 Å². The van der Waals surface area contributed by atoms with Crippen molar-refractivity contribution >= 4 is 5.69 Å². The lowest BCUT2D eigenvalue weighted by molar-refractivity contribution is 0.127. The average molecular weight is 315 g/mol. The number of hydrogen-bond donors (Lipinski definition) is 2. The number of oxazole rings is 1. The molecule has 1 aromatic heterocycles. The molecule has 124 valence electrons. The summed E-state index contributed by atoms with van der Waals surface area (Å²) < 4.78 is 5.51. The fourth-order valence-electron chi connectivity index (χ4n) is 3.05. The maximum atomic E-state index is 9.25. The smallest absolute Gasteiger partial charge is 0.213 e. The van der Waals surface area contributed by atoms with Gasteiger partial charge in [0.25, 0.3) is 0 Å². The lowest BCUT2D eigenvalue weighted by Crippen LogP contribution is -2.34. The van der Waals surface area contributed by atoms with E-state index >= 15 is 0 Å². The molecule has 2 heterocycles. The molecule has 0 unspecified atom stereocenters. The highest BCUT2D eigenvalue weighted by atomic mass is 16.4. The Balaban J connectivity index is 1.59. The van der Waals surface area contributed by atoms with E-state index in [1.165, 1.54) is 5.56 Å². The zero-order valence-corrected chi connectivity index (χ0v) is 13.7. The molecule has 0 radical (unpaired) electrons. The molecule has 23 heavy (non-hydrogen) atoms. The number of aliphatic hydroxyl groups excluding tert-OH is 1. The topological polar surface area (TPSA) is 61.5 Å². The summed E-state index contributed by atoms with van der Waals surface area (Å²) in [5, 5.41) is 12.7. The first-order valence-corrected chi connectivity index (χ1v) is 8.31. The molecule has 3 rings (SSSR count). The molecule has 1 aliphatic rings. The van der Waals surface area contributed by atoms with Gasteiger partial charge in [-0.15, -0.1) is 0 Å². The van der Waals surface area contributed by atoms with E-state index < -0.39 is 0 Å². The predicted octanol–water partition coefficient (Wildman–Crippen LogP) is 2.80. The molecule has 0 aliphatic carbocycles. The van der Waals surface area contributed by atoms with Crippen molar-refractivity contribution in [2.75, 3.05) is 25.0 Å². The second kappa shape index (κ2) is 7.62. The van der Waals surface area contributed by atoms with E-state index in [1.807, 2.05) is 13.0 Å². The third kappa shape index (κ3) is 4.33. The SMILES string of the molecule is Cc1cnc(CNc2ccccc2CN2CCC(CO)CC2)o1. The quantitative estimate of drug-likeness (QED) is 0.858. The Bertz CT molecular complexity index is 618. The monoisotopic (exact) mass is 315 g/mol. The highest BCUT2D eigenvalue weighted by molar-refractivity contribution is 5.51. The van der Waals surface area contributed by atoms with Crippen molar-refractivity contribution in [1.29, 1.82) is 0 Å². The number of piperidine rings is 1. The molecule has 1 saturated heterocycles. The lowest BCUT2D eigenvalue weighted by Gasteiger charge is -2.31. The molecule has 1 fully saturated rings. The van der Waals surface area contributed by atoms with Crippen LogP contribution in [0.25, 0.3) is 0 Å². The van der Waals surface area contributed by atoms with Crippen molar-refractivity contribution in [2.45, 2.75) is 32.9 Å². The van der Waals surface area contributed by atoms with E-state index in [2.05, 4.69) is 33.4 Å². The van der Waals surface area contributed by atoms with Gasteiger partial charge in [0.15, 0.2) is 0 Å². The van der Waals surface area contributed by atoms with E-state index in [-0.39, 0.29) is 0 Å².